The molecule has 4 nitrogen and oxygen atoms in total. The first-order valence-corrected chi connectivity index (χ1v) is 8.02. The number of rotatable bonds is 5. The van der Waals surface area contributed by atoms with E-state index >= 15 is 0 Å². The van der Waals surface area contributed by atoms with Crippen molar-refractivity contribution in [3.8, 4) is 5.82 Å². The Morgan fingerprint density at radius 3 is 2.73 bits per heavy atom. The Labute approximate surface area is 131 Å². The van der Waals surface area contributed by atoms with Gasteiger partial charge in [0.15, 0.2) is 5.82 Å². The van der Waals surface area contributed by atoms with Crippen molar-refractivity contribution in [2.24, 2.45) is 0 Å². The highest BCUT2D eigenvalue weighted by Crippen LogP contribution is 2.25. The van der Waals surface area contributed by atoms with Crippen molar-refractivity contribution in [3.05, 3.63) is 47.7 Å². The molecule has 3 aromatic rings. The van der Waals surface area contributed by atoms with Gasteiger partial charge in [-0.05, 0) is 49.6 Å². The fourth-order valence-corrected chi connectivity index (χ4v) is 2.94. The third-order valence-corrected chi connectivity index (χ3v) is 4.09. The summed E-state index contributed by atoms with van der Waals surface area (Å²) in [6.45, 7) is 6.58. The Balaban J connectivity index is 2.09. The number of para-hydroxylation sites is 1. The highest BCUT2D eigenvalue weighted by atomic mass is 15.4. The molecule has 0 bridgehead atoms. The standard InChI is InChI=1S/C18H22N4/c1-4-8-14(5-2)16-11-13(3)12-18(19-16)22-17-10-7-6-9-15(17)20-21-22/h6-7,9-12,14H,4-5,8H2,1-3H3. The molecule has 114 valence electrons. The van der Waals surface area contributed by atoms with E-state index < -0.39 is 0 Å². The molecular weight excluding hydrogens is 272 g/mol. The first-order valence-electron chi connectivity index (χ1n) is 8.02. The van der Waals surface area contributed by atoms with Crippen molar-refractivity contribution >= 4 is 11.0 Å². The molecule has 0 saturated heterocycles. The summed E-state index contributed by atoms with van der Waals surface area (Å²) >= 11 is 0. The molecule has 0 saturated carbocycles. The van der Waals surface area contributed by atoms with Crippen molar-refractivity contribution in [1.82, 2.24) is 20.0 Å². The van der Waals surface area contributed by atoms with Crippen LogP contribution in [0.25, 0.3) is 16.9 Å². The van der Waals surface area contributed by atoms with E-state index in [9.17, 15) is 0 Å². The summed E-state index contributed by atoms with van der Waals surface area (Å²) in [4.78, 5) is 4.88. The van der Waals surface area contributed by atoms with Crippen molar-refractivity contribution in [1.29, 1.82) is 0 Å². The first kappa shape index (κ1) is 14.7. The normalized spacial score (nSPS) is 12.7. The second-order valence-electron chi connectivity index (χ2n) is 5.81. The largest absolute Gasteiger partial charge is 0.233 e. The van der Waals surface area contributed by atoms with Gasteiger partial charge in [0.1, 0.15) is 5.52 Å². The molecule has 2 heterocycles. The van der Waals surface area contributed by atoms with Crippen molar-refractivity contribution in [3.63, 3.8) is 0 Å². The average molecular weight is 294 g/mol. The number of benzene rings is 1. The highest BCUT2D eigenvalue weighted by molar-refractivity contribution is 5.75. The van der Waals surface area contributed by atoms with Crippen LogP contribution in [0.4, 0.5) is 0 Å². The van der Waals surface area contributed by atoms with Gasteiger partial charge in [-0.2, -0.15) is 4.68 Å². The summed E-state index contributed by atoms with van der Waals surface area (Å²) in [6, 6.07) is 12.3. The molecule has 0 radical (unpaired) electrons. The molecule has 22 heavy (non-hydrogen) atoms. The zero-order chi connectivity index (χ0) is 15.5. The minimum atomic E-state index is 0.512. The van der Waals surface area contributed by atoms with Crippen LogP contribution in [-0.2, 0) is 0 Å². The minimum absolute atomic E-state index is 0.512. The monoisotopic (exact) mass is 294 g/mol. The van der Waals surface area contributed by atoms with Crippen LogP contribution in [-0.4, -0.2) is 20.0 Å². The van der Waals surface area contributed by atoms with Crippen molar-refractivity contribution < 1.29 is 0 Å². The molecule has 0 N–H and O–H groups in total. The number of fused-ring (bicyclic) bond motifs is 1. The van der Waals surface area contributed by atoms with Crippen molar-refractivity contribution in [2.75, 3.05) is 0 Å². The van der Waals surface area contributed by atoms with E-state index in [1.54, 1.807) is 0 Å². The maximum absolute atomic E-state index is 4.88. The van der Waals surface area contributed by atoms with E-state index in [1.807, 2.05) is 28.9 Å². The van der Waals surface area contributed by atoms with E-state index in [0.717, 1.165) is 23.3 Å². The number of pyridine rings is 1. The number of hydrogen-bond donors (Lipinski definition) is 0. The Bertz CT molecular complexity index is 776. The third-order valence-electron chi connectivity index (χ3n) is 4.09. The molecule has 1 aromatic carbocycles. The van der Waals surface area contributed by atoms with Crippen LogP contribution in [0.2, 0.25) is 0 Å². The van der Waals surface area contributed by atoms with Gasteiger partial charge in [0.2, 0.25) is 0 Å². The van der Waals surface area contributed by atoms with Gasteiger partial charge in [0.05, 0.1) is 5.52 Å². The number of hydrogen-bond acceptors (Lipinski definition) is 3. The quantitative estimate of drug-likeness (QED) is 0.699. The molecule has 0 spiro atoms. The van der Waals surface area contributed by atoms with E-state index in [4.69, 9.17) is 4.98 Å². The van der Waals surface area contributed by atoms with Gasteiger partial charge in [0, 0.05) is 11.6 Å². The average Bonchev–Trinajstić information content (AvgIpc) is 2.96. The van der Waals surface area contributed by atoms with Gasteiger partial charge in [-0.3, -0.25) is 0 Å². The van der Waals surface area contributed by atoms with E-state index in [0.29, 0.717) is 5.92 Å². The number of aromatic nitrogens is 4. The summed E-state index contributed by atoms with van der Waals surface area (Å²) in [7, 11) is 0. The molecule has 0 aliphatic heterocycles. The topological polar surface area (TPSA) is 43.6 Å². The van der Waals surface area contributed by atoms with Crippen LogP contribution >= 0.6 is 0 Å². The van der Waals surface area contributed by atoms with Crippen LogP contribution < -0.4 is 0 Å². The fourth-order valence-electron chi connectivity index (χ4n) is 2.94. The SMILES string of the molecule is CCCC(CC)c1cc(C)cc(-n2nnc3ccccc32)n1. The highest BCUT2D eigenvalue weighted by Gasteiger charge is 2.14. The lowest BCUT2D eigenvalue weighted by molar-refractivity contribution is 0.578. The zero-order valence-electron chi connectivity index (χ0n) is 13.5. The van der Waals surface area contributed by atoms with Crippen LogP contribution in [0.15, 0.2) is 36.4 Å². The summed E-state index contributed by atoms with van der Waals surface area (Å²) in [6.07, 6.45) is 3.46. The molecule has 2 aromatic heterocycles. The summed E-state index contributed by atoms with van der Waals surface area (Å²) in [5.41, 5.74) is 4.27. The molecule has 0 aliphatic carbocycles. The van der Waals surface area contributed by atoms with Crippen LogP contribution in [0.3, 0.4) is 0 Å². The molecule has 1 atom stereocenters. The van der Waals surface area contributed by atoms with Gasteiger partial charge in [-0.1, -0.05) is 37.6 Å². The lowest BCUT2D eigenvalue weighted by Crippen LogP contribution is -2.06. The smallest absolute Gasteiger partial charge is 0.156 e. The lowest BCUT2D eigenvalue weighted by atomic mass is 9.95. The maximum Gasteiger partial charge on any atom is 0.156 e. The van der Waals surface area contributed by atoms with E-state index in [2.05, 4.69) is 43.2 Å². The van der Waals surface area contributed by atoms with E-state index in [-0.39, 0.29) is 0 Å². The summed E-state index contributed by atoms with van der Waals surface area (Å²) in [5.74, 6) is 1.37. The molecule has 4 heteroatoms. The van der Waals surface area contributed by atoms with Crippen molar-refractivity contribution in [2.45, 2.75) is 46.0 Å². The molecular formula is C18H22N4. The number of aryl methyl sites for hydroxylation is 1. The second kappa shape index (κ2) is 6.26. The van der Waals surface area contributed by atoms with Gasteiger partial charge in [-0.25, -0.2) is 4.98 Å². The Morgan fingerprint density at radius 1 is 1.14 bits per heavy atom. The van der Waals surface area contributed by atoms with Gasteiger partial charge in [0.25, 0.3) is 0 Å². The Morgan fingerprint density at radius 2 is 1.95 bits per heavy atom. The van der Waals surface area contributed by atoms with E-state index in [1.165, 1.54) is 24.1 Å². The van der Waals surface area contributed by atoms with Gasteiger partial charge < -0.3 is 0 Å². The predicted octanol–water partition coefficient (Wildman–Crippen LogP) is 4.42. The van der Waals surface area contributed by atoms with Gasteiger partial charge >= 0.3 is 0 Å². The second-order valence-corrected chi connectivity index (χ2v) is 5.81. The van der Waals surface area contributed by atoms with Gasteiger partial charge in [-0.15, -0.1) is 5.10 Å². The third kappa shape index (κ3) is 2.73. The Hall–Kier alpha value is -2.23. The molecule has 0 aliphatic rings. The zero-order valence-corrected chi connectivity index (χ0v) is 13.5. The van der Waals surface area contributed by atoms with Crippen LogP contribution in [0.1, 0.15) is 50.3 Å². The summed E-state index contributed by atoms with van der Waals surface area (Å²) in [5, 5.41) is 8.51. The molecule has 0 fully saturated rings. The lowest BCUT2D eigenvalue weighted by Gasteiger charge is -2.15. The van der Waals surface area contributed by atoms with Crippen LogP contribution in [0, 0.1) is 6.92 Å². The number of nitrogens with zero attached hydrogens (tertiary/aromatic N) is 4. The Kier molecular flexibility index (Phi) is 4.18. The summed E-state index contributed by atoms with van der Waals surface area (Å²) < 4.78 is 1.84. The molecule has 0 amide bonds. The fraction of sp³-hybridized carbons (Fsp3) is 0.389. The maximum atomic E-state index is 4.88. The minimum Gasteiger partial charge on any atom is -0.233 e. The van der Waals surface area contributed by atoms with Crippen LogP contribution in [0.5, 0.6) is 0 Å². The molecule has 1 unspecified atom stereocenters. The first-order chi connectivity index (χ1) is 10.7. The molecule has 3 rings (SSSR count). The predicted molar refractivity (Wildman–Crippen MR) is 89.3 cm³/mol.